The molecular formula is C23H27N3O3. The number of benzene rings is 2. The lowest BCUT2D eigenvalue weighted by Crippen LogP contribution is -2.34. The molecule has 0 aliphatic carbocycles. The minimum atomic E-state index is 0.0512. The number of rotatable bonds is 5. The number of piperidine rings is 1. The molecule has 0 unspecified atom stereocenters. The first-order valence-electron chi connectivity index (χ1n) is 10.2. The van der Waals surface area contributed by atoms with E-state index in [9.17, 15) is 9.59 Å². The first kappa shape index (κ1) is 19.5. The number of amides is 2. The molecule has 2 heterocycles. The maximum absolute atomic E-state index is 12.9. The van der Waals surface area contributed by atoms with Gasteiger partial charge in [-0.3, -0.25) is 9.59 Å². The number of carbonyl (C=O) groups is 2. The van der Waals surface area contributed by atoms with Crippen molar-refractivity contribution >= 4 is 23.2 Å². The van der Waals surface area contributed by atoms with Gasteiger partial charge in [-0.2, -0.15) is 0 Å². The van der Waals surface area contributed by atoms with Gasteiger partial charge in [0.2, 0.25) is 11.8 Å². The Morgan fingerprint density at radius 1 is 1.17 bits per heavy atom. The van der Waals surface area contributed by atoms with Gasteiger partial charge in [-0.1, -0.05) is 18.2 Å². The minimum Gasteiger partial charge on any atom is -0.497 e. The molecule has 0 atom stereocenters. The predicted molar refractivity (Wildman–Crippen MR) is 113 cm³/mol. The van der Waals surface area contributed by atoms with E-state index in [0.717, 1.165) is 60.6 Å². The molecule has 6 nitrogen and oxygen atoms in total. The predicted octanol–water partition coefficient (Wildman–Crippen LogP) is 2.77. The Morgan fingerprint density at radius 2 is 2.00 bits per heavy atom. The SMILES string of the molecule is COc1cccc(CC(=O)N2CCc3ccc(NC(=O)C4CCNCC4)cc32)c1. The van der Waals surface area contributed by atoms with Crippen LogP contribution in [0, 0.1) is 5.92 Å². The fraction of sp³-hybridized carbons (Fsp3) is 0.391. The van der Waals surface area contributed by atoms with E-state index in [4.69, 9.17) is 4.74 Å². The highest BCUT2D eigenvalue weighted by Crippen LogP contribution is 2.32. The van der Waals surface area contributed by atoms with E-state index in [1.807, 2.05) is 47.4 Å². The van der Waals surface area contributed by atoms with Gasteiger partial charge < -0.3 is 20.3 Å². The Hall–Kier alpha value is -2.86. The summed E-state index contributed by atoms with van der Waals surface area (Å²) in [6, 6.07) is 13.5. The van der Waals surface area contributed by atoms with Crippen LogP contribution < -0.4 is 20.3 Å². The van der Waals surface area contributed by atoms with Gasteiger partial charge in [0.1, 0.15) is 5.75 Å². The molecule has 0 bridgehead atoms. The average Bonchev–Trinajstić information content (AvgIpc) is 3.18. The third-order valence-corrected chi connectivity index (χ3v) is 5.75. The van der Waals surface area contributed by atoms with Crippen molar-refractivity contribution in [2.24, 2.45) is 5.92 Å². The van der Waals surface area contributed by atoms with E-state index in [2.05, 4.69) is 10.6 Å². The number of nitrogens with one attached hydrogen (secondary N) is 2. The summed E-state index contributed by atoms with van der Waals surface area (Å²) in [7, 11) is 1.62. The second-order valence-corrected chi connectivity index (χ2v) is 7.68. The van der Waals surface area contributed by atoms with Crippen molar-refractivity contribution in [2.45, 2.75) is 25.7 Å². The van der Waals surface area contributed by atoms with Crippen molar-refractivity contribution in [3.8, 4) is 5.75 Å². The number of hydrogen-bond donors (Lipinski definition) is 2. The summed E-state index contributed by atoms with van der Waals surface area (Å²) in [4.78, 5) is 27.3. The highest BCUT2D eigenvalue weighted by molar-refractivity contribution is 5.99. The standard InChI is InChI=1S/C23H27N3O3/c1-29-20-4-2-3-16(13-20)14-22(27)26-12-9-17-5-6-19(15-21(17)26)25-23(28)18-7-10-24-11-8-18/h2-6,13,15,18,24H,7-12,14H2,1H3,(H,25,28). The van der Waals surface area contributed by atoms with Gasteiger partial charge in [0.15, 0.2) is 0 Å². The zero-order valence-corrected chi connectivity index (χ0v) is 16.7. The van der Waals surface area contributed by atoms with Crippen molar-refractivity contribution in [2.75, 3.05) is 37.0 Å². The van der Waals surface area contributed by atoms with Gasteiger partial charge in [-0.25, -0.2) is 0 Å². The number of hydrogen-bond acceptors (Lipinski definition) is 4. The Balaban J connectivity index is 1.46. The van der Waals surface area contributed by atoms with E-state index in [1.54, 1.807) is 7.11 Å². The number of anilines is 2. The van der Waals surface area contributed by atoms with Crippen LogP contribution in [0.4, 0.5) is 11.4 Å². The minimum absolute atomic E-state index is 0.0512. The number of nitrogens with zero attached hydrogens (tertiary/aromatic N) is 1. The van der Waals surface area contributed by atoms with Crippen LogP contribution in [0.5, 0.6) is 5.75 Å². The van der Waals surface area contributed by atoms with Gasteiger partial charge in [-0.05, 0) is 67.7 Å². The summed E-state index contributed by atoms with van der Waals surface area (Å²) in [5.41, 5.74) is 3.73. The molecular weight excluding hydrogens is 366 g/mol. The van der Waals surface area contributed by atoms with Crippen LogP contribution in [0.2, 0.25) is 0 Å². The largest absolute Gasteiger partial charge is 0.497 e. The van der Waals surface area contributed by atoms with Gasteiger partial charge in [0, 0.05) is 23.8 Å². The lowest BCUT2D eigenvalue weighted by molar-refractivity contribution is -0.120. The average molecular weight is 393 g/mol. The molecule has 1 fully saturated rings. The Bertz CT molecular complexity index is 906. The summed E-state index contributed by atoms with van der Waals surface area (Å²) in [5.74, 6) is 0.924. The smallest absolute Gasteiger partial charge is 0.231 e. The second kappa shape index (κ2) is 8.66. The van der Waals surface area contributed by atoms with Crippen LogP contribution in [0.15, 0.2) is 42.5 Å². The molecule has 4 rings (SSSR count). The monoisotopic (exact) mass is 393 g/mol. The number of methoxy groups -OCH3 is 1. The maximum Gasteiger partial charge on any atom is 0.231 e. The molecule has 0 spiro atoms. The molecule has 2 aliphatic heterocycles. The lowest BCUT2D eigenvalue weighted by atomic mass is 9.97. The Labute approximate surface area is 171 Å². The van der Waals surface area contributed by atoms with Crippen LogP contribution in [0.1, 0.15) is 24.0 Å². The molecule has 2 amide bonds. The summed E-state index contributed by atoms with van der Waals surface area (Å²) in [6.07, 6.45) is 2.88. The lowest BCUT2D eigenvalue weighted by Gasteiger charge is -2.22. The molecule has 0 radical (unpaired) electrons. The van der Waals surface area contributed by atoms with Crippen LogP contribution in [-0.2, 0) is 22.4 Å². The first-order valence-corrected chi connectivity index (χ1v) is 10.2. The zero-order chi connectivity index (χ0) is 20.2. The van der Waals surface area contributed by atoms with E-state index < -0.39 is 0 Å². The number of fused-ring (bicyclic) bond motifs is 1. The van der Waals surface area contributed by atoms with Gasteiger partial charge in [0.05, 0.1) is 13.5 Å². The van der Waals surface area contributed by atoms with Crippen molar-refractivity contribution < 1.29 is 14.3 Å². The Kier molecular flexibility index (Phi) is 5.81. The van der Waals surface area contributed by atoms with Crippen LogP contribution in [0.3, 0.4) is 0 Å². The van der Waals surface area contributed by atoms with Gasteiger partial charge in [-0.15, -0.1) is 0 Å². The van der Waals surface area contributed by atoms with Crippen molar-refractivity contribution in [3.63, 3.8) is 0 Å². The molecule has 0 saturated carbocycles. The molecule has 2 aromatic carbocycles. The first-order chi connectivity index (χ1) is 14.1. The van der Waals surface area contributed by atoms with Gasteiger partial charge >= 0.3 is 0 Å². The fourth-order valence-electron chi connectivity index (χ4n) is 4.10. The molecule has 2 N–H and O–H groups in total. The van der Waals surface area contributed by atoms with E-state index in [0.29, 0.717) is 13.0 Å². The zero-order valence-electron chi connectivity index (χ0n) is 16.7. The summed E-state index contributed by atoms with van der Waals surface area (Å²) >= 11 is 0. The highest BCUT2D eigenvalue weighted by Gasteiger charge is 2.26. The molecule has 2 aromatic rings. The third kappa shape index (κ3) is 4.43. The van der Waals surface area contributed by atoms with Crippen LogP contribution >= 0.6 is 0 Å². The fourth-order valence-corrected chi connectivity index (χ4v) is 4.10. The molecule has 0 aromatic heterocycles. The van der Waals surface area contributed by atoms with Crippen LogP contribution in [-0.4, -0.2) is 38.6 Å². The van der Waals surface area contributed by atoms with Crippen molar-refractivity contribution in [3.05, 3.63) is 53.6 Å². The molecule has 1 saturated heterocycles. The summed E-state index contributed by atoms with van der Waals surface area (Å²) in [5, 5.41) is 6.33. The topological polar surface area (TPSA) is 70.7 Å². The van der Waals surface area contributed by atoms with E-state index >= 15 is 0 Å². The summed E-state index contributed by atoms with van der Waals surface area (Å²) < 4.78 is 5.25. The third-order valence-electron chi connectivity index (χ3n) is 5.75. The maximum atomic E-state index is 12.9. The van der Waals surface area contributed by atoms with Crippen LogP contribution in [0.25, 0.3) is 0 Å². The highest BCUT2D eigenvalue weighted by atomic mass is 16.5. The molecule has 29 heavy (non-hydrogen) atoms. The van der Waals surface area contributed by atoms with E-state index in [-0.39, 0.29) is 17.7 Å². The van der Waals surface area contributed by atoms with E-state index in [1.165, 1.54) is 0 Å². The molecule has 6 heteroatoms. The molecule has 152 valence electrons. The number of ether oxygens (including phenoxy) is 1. The summed E-state index contributed by atoms with van der Waals surface area (Å²) in [6.45, 7) is 2.44. The normalized spacial score (nSPS) is 16.4. The molecule has 2 aliphatic rings. The second-order valence-electron chi connectivity index (χ2n) is 7.68. The Morgan fingerprint density at radius 3 is 2.79 bits per heavy atom. The van der Waals surface area contributed by atoms with Crippen molar-refractivity contribution in [1.82, 2.24) is 5.32 Å². The van der Waals surface area contributed by atoms with Gasteiger partial charge in [0.25, 0.3) is 0 Å². The quantitative estimate of drug-likeness (QED) is 0.820. The van der Waals surface area contributed by atoms with Crippen molar-refractivity contribution in [1.29, 1.82) is 0 Å². The number of carbonyl (C=O) groups excluding carboxylic acids is 2.